The van der Waals surface area contributed by atoms with Gasteiger partial charge in [0.15, 0.2) is 0 Å². The van der Waals surface area contributed by atoms with Crippen molar-refractivity contribution in [3.63, 3.8) is 0 Å². The van der Waals surface area contributed by atoms with Gasteiger partial charge in [0.2, 0.25) is 5.43 Å². The molecule has 0 saturated carbocycles. The van der Waals surface area contributed by atoms with Crippen molar-refractivity contribution in [1.82, 2.24) is 9.88 Å². The summed E-state index contributed by atoms with van der Waals surface area (Å²) in [5.41, 5.74) is 5.67. The van der Waals surface area contributed by atoms with Gasteiger partial charge in [0.25, 0.3) is 5.91 Å². The molecule has 4 rings (SSSR count). The van der Waals surface area contributed by atoms with E-state index in [1.165, 1.54) is 16.7 Å². The van der Waals surface area contributed by atoms with Crippen LogP contribution in [-0.2, 0) is 25.9 Å². The highest BCUT2D eigenvalue weighted by Gasteiger charge is 2.21. The summed E-state index contributed by atoms with van der Waals surface area (Å²) in [4.78, 5) is 25.8. The van der Waals surface area contributed by atoms with Crippen LogP contribution in [0, 0.1) is 6.92 Å². The maximum Gasteiger partial charge on any atom is 0.257 e. The third kappa shape index (κ3) is 3.27. The van der Waals surface area contributed by atoms with Gasteiger partial charge in [-0.15, -0.1) is 0 Å². The molecule has 2 aromatic carbocycles. The third-order valence-corrected chi connectivity index (χ3v) is 5.29. The van der Waals surface area contributed by atoms with E-state index in [4.69, 9.17) is 0 Å². The van der Waals surface area contributed by atoms with Crippen LogP contribution in [0.2, 0.25) is 0 Å². The molecule has 1 aliphatic rings. The normalized spacial score (nSPS) is 12.5. The zero-order valence-corrected chi connectivity index (χ0v) is 15.8. The van der Waals surface area contributed by atoms with Crippen molar-refractivity contribution in [2.24, 2.45) is 0 Å². The largest absolute Gasteiger partial charge is 0.348 e. The van der Waals surface area contributed by atoms with E-state index in [0.29, 0.717) is 11.9 Å². The van der Waals surface area contributed by atoms with E-state index < -0.39 is 0 Å². The van der Waals surface area contributed by atoms with Gasteiger partial charge in [-0.05, 0) is 42.5 Å². The van der Waals surface area contributed by atoms with E-state index in [1.54, 1.807) is 6.20 Å². The monoisotopic (exact) mass is 360 g/mol. The molecule has 27 heavy (non-hydrogen) atoms. The first-order valence-electron chi connectivity index (χ1n) is 9.59. The summed E-state index contributed by atoms with van der Waals surface area (Å²) in [5.74, 6) is -0.305. The van der Waals surface area contributed by atoms with Crippen molar-refractivity contribution < 1.29 is 4.79 Å². The summed E-state index contributed by atoms with van der Waals surface area (Å²) in [5, 5.41) is 3.57. The molecule has 0 unspecified atom stereocenters. The Kier molecular flexibility index (Phi) is 4.56. The molecular weight excluding hydrogens is 336 g/mol. The minimum absolute atomic E-state index is 0.163. The van der Waals surface area contributed by atoms with Crippen LogP contribution in [0.4, 0.5) is 0 Å². The van der Waals surface area contributed by atoms with Crippen molar-refractivity contribution in [3.8, 4) is 0 Å². The van der Waals surface area contributed by atoms with Crippen LogP contribution in [0.5, 0.6) is 0 Å². The number of carbonyl (C=O) groups excluding carboxylic acids is 1. The van der Waals surface area contributed by atoms with Crippen LogP contribution in [0.15, 0.2) is 47.4 Å². The predicted octanol–water partition coefficient (Wildman–Crippen LogP) is 3.75. The standard InChI is InChI=1S/C23H24N2O2/c1-3-4-17-11-18-9-10-25-14-20(22(26)19(12-17)21(18)25)23(27)24-13-16-7-5-15(2)6-8-16/h5-8,11-12,14H,3-4,9-10,13H2,1-2H3,(H,24,27). The first-order valence-corrected chi connectivity index (χ1v) is 9.59. The van der Waals surface area contributed by atoms with E-state index in [9.17, 15) is 9.59 Å². The predicted molar refractivity (Wildman–Crippen MR) is 108 cm³/mol. The van der Waals surface area contributed by atoms with Gasteiger partial charge < -0.3 is 9.88 Å². The third-order valence-electron chi connectivity index (χ3n) is 5.29. The lowest BCUT2D eigenvalue weighted by Gasteiger charge is -2.11. The first kappa shape index (κ1) is 17.5. The molecule has 1 aliphatic heterocycles. The molecule has 0 fully saturated rings. The van der Waals surface area contributed by atoms with Gasteiger partial charge >= 0.3 is 0 Å². The highest BCUT2D eigenvalue weighted by Crippen LogP contribution is 2.26. The van der Waals surface area contributed by atoms with Crippen LogP contribution >= 0.6 is 0 Å². The van der Waals surface area contributed by atoms with E-state index >= 15 is 0 Å². The second-order valence-corrected chi connectivity index (χ2v) is 7.38. The summed E-state index contributed by atoms with van der Waals surface area (Å²) >= 11 is 0. The molecule has 3 aromatic rings. The minimum atomic E-state index is -0.305. The molecule has 0 bridgehead atoms. The average Bonchev–Trinajstić information content (AvgIpc) is 3.07. The molecule has 0 radical (unpaired) electrons. The van der Waals surface area contributed by atoms with Gasteiger partial charge in [0.1, 0.15) is 5.56 Å². The summed E-state index contributed by atoms with van der Waals surface area (Å²) in [6.45, 7) is 5.40. The van der Waals surface area contributed by atoms with Crippen molar-refractivity contribution in [1.29, 1.82) is 0 Å². The Balaban J connectivity index is 1.68. The maximum absolute atomic E-state index is 13.0. The summed E-state index contributed by atoms with van der Waals surface area (Å²) < 4.78 is 2.06. The number of pyridine rings is 1. The Morgan fingerprint density at radius 3 is 2.67 bits per heavy atom. The van der Waals surface area contributed by atoms with Gasteiger partial charge in [-0.25, -0.2) is 0 Å². The van der Waals surface area contributed by atoms with Crippen LogP contribution in [0.1, 0.15) is 46.0 Å². The molecule has 2 heterocycles. The highest BCUT2D eigenvalue weighted by atomic mass is 16.2. The number of hydrogen-bond donors (Lipinski definition) is 1. The van der Waals surface area contributed by atoms with Gasteiger partial charge in [-0.2, -0.15) is 0 Å². The van der Waals surface area contributed by atoms with Crippen LogP contribution in [-0.4, -0.2) is 10.5 Å². The van der Waals surface area contributed by atoms with Crippen molar-refractivity contribution >= 4 is 16.8 Å². The molecule has 4 heteroatoms. The number of amides is 1. The number of benzene rings is 2. The molecule has 0 aliphatic carbocycles. The summed E-state index contributed by atoms with van der Waals surface area (Å²) in [7, 11) is 0. The fourth-order valence-electron chi connectivity index (χ4n) is 3.88. The number of aromatic nitrogens is 1. The van der Waals surface area contributed by atoms with Crippen molar-refractivity contribution in [2.75, 3.05) is 0 Å². The molecule has 1 N–H and O–H groups in total. The average molecular weight is 360 g/mol. The van der Waals surface area contributed by atoms with Crippen LogP contribution in [0.25, 0.3) is 10.9 Å². The van der Waals surface area contributed by atoms with Gasteiger partial charge in [-0.1, -0.05) is 49.2 Å². The Morgan fingerprint density at radius 2 is 1.93 bits per heavy atom. The van der Waals surface area contributed by atoms with E-state index in [2.05, 4.69) is 22.9 Å². The quantitative estimate of drug-likeness (QED) is 0.753. The lowest BCUT2D eigenvalue weighted by molar-refractivity contribution is 0.0949. The van der Waals surface area contributed by atoms with Gasteiger partial charge in [0.05, 0.1) is 5.52 Å². The number of rotatable bonds is 5. The smallest absolute Gasteiger partial charge is 0.257 e. The second kappa shape index (κ2) is 7.03. The molecule has 0 saturated heterocycles. The van der Waals surface area contributed by atoms with Crippen LogP contribution in [0.3, 0.4) is 0 Å². The Morgan fingerprint density at radius 1 is 1.15 bits per heavy atom. The highest BCUT2D eigenvalue weighted by molar-refractivity contribution is 5.98. The molecule has 138 valence electrons. The zero-order valence-electron chi connectivity index (χ0n) is 15.8. The molecular formula is C23H24N2O2. The van der Waals surface area contributed by atoms with Gasteiger partial charge in [0, 0.05) is 24.7 Å². The topological polar surface area (TPSA) is 51.1 Å². The molecule has 0 spiro atoms. The van der Waals surface area contributed by atoms with Gasteiger partial charge in [-0.3, -0.25) is 9.59 Å². The fraction of sp³-hybridized carbons (Fsp3) is 0.304. The lowest BCUT2D eigenvalue weighted by Crippen LogP contribution is -2.29. The Hall–Kier alpha value is -2.88. The maximum atomic E-state index is 13.0. The van der Waals surface area contributed by atoms with Crippen molar-refractivity contribution in [2.45, 2.75) is 46.2 Å². The second-order valence-electron chi connectivity index (χ2n) is 7.38. The molecule has 1 aromatic heterocycles. The first-order chi connectivity index (χ1) is 13.1. The molecule has 1 amide bonds. The summed E-state index contributed by atoms with van der Waals surface area (Å²) in [6, 6.07) is 12.2. The van der Waals surface area contributed by atoms with E-state index in [0.717, 1.165) is 36.9 Å². The Bertz CT molecular complexity index is 1080. The number of nitrogens with zero attached hydrogens (tertiary/aromatic N) is 1. The number of aryl methyl sites for hydroxylation is 4. The lowest BCUT2D eigenvalue weighted by atomic mass is 10.0. The fourth-order valence-corrected chi connectivity index (χ4v) is 3.88. The van der Waals surface area contributed by atoms with Crippen LogP contribution < -0.4 is 10.7 Å². The number of carbonyl (C=O) groups is 1. The molecule has 0 atom stereocenters. The minimum Gasteiger partial charge on any atom is -0.348 e. The summed E-state index contributed by atoms with van der Waals surface area (Å²) in [6.07, 6.45) is 4.63. The van der Waals surface area contributed by atoms with Crippen molar-refractivity contribution in [3.05, 3.63) is 80.6 Å². The van der Waals surface area contributed by atoms with E-state index in [1.807, 2.05) is 37.3 Å². The Labute approximate surface area is 158 Å². The number of nitrogens with one attached hydrogen (secondary N) is 1. The number of hydrogen-bond acceptors (Lipinski definition) is 2. The molecule has 4 nitrogen and oxygen atoms in total. The SMILES string of the molecule is CCCc1cc2c3c(c1)c(=O)c(C(=O)NCc1ccc(C)cc1)cn3CC2. The zero-order chi connectivity index (χ0) is 19.0. The van der Waals surface area contributed by atoms with E-state index in [-0.39, 0.29) is 16.9 Å².